The predicted molar refractivity (Wildman–Crippen MR) is 73.7 cm³/mol. The highest BCUT2D eigenvalue weighted by atomic mass is 16.3. The number of aromatic nitrogens is 5. The van der Waals surface area contributed by atoms with E-state index in [1.165, 1.54) is 0 Å². The minimum absolute atomic E-state index is 0.229. The summed E-state index contributed by atoms with van der Waals surface area (Å²) in [6.45, 7) is 6.06. The van der Waals surface area contributed by atoms with Crippen LogP contribution in [0.2, 0.25) is 0 Å². The van der Waals surface area contributed by atoms with E-state index in [2.05, 4.69) is 20.1 Å². The van der Waals surface area contributed by atoms with Crippen LogP contribution in [0, 0.1) is 19.8 Å². The van der Waals surface area contributed by atoms with Crippen LogP contribution in [0.3, 0.4) is 0 Å². The van der Waals surface area contributed by atoms with Crippen molar-refractivity contribution in [1.82, 2.24) is 24.7 Å². The summed E-state index contributed by atoms with van der Waals surface area (Å²) in [6, 6.07) is 1.97. The van der Waals surface area contributed by atoms with Crippen LogP contribution in [0.1, 0.15) is 42.4 Å². The molecule has 0 amide bonds. The number of aliphatic hydroxyl groups excluding tert-OH is 1. The van der Waals surface area contributed by atoms with Gasteiger partial charge in [0.05, 0.1) is 0 Å². The molecule has 0 aliphatic heterocycles. The van der Waals surface area contributed by atoms with Crippen LogP contribution in [-0.4, -0.2) is 36.4 Å². The van der Waals surface area contributed by atoms with Crippen molar-refractivity contribution in [1.29, 1.82) is 0 Å². The Morgan fingerprint density at radius 1 is 1.30 bits per heavy atom. The summed E-state index contributed by atoms with van der Waals surface area (Å²) in [5.41, 5.74) is 1.01. The summed E-state index contributed by atoms with van der Waals surface area (Å²) in [5.74, 6) is 3.85. The van der Waals surface area contributed by atoms with Crippen molar-refractivity contribution >= 4 is 0 Å². The molecule has 2 unspecified atom stereocenters. The molecule has 2 aromatic heterocycles. The van der Waals surface area contributed by atoms with Gasteiger partial charge in [0.15, 0.2) is 5.82 Å². The van der Waals surface area contributed by atoms with E-state index < -0.39 is 0 Å². The zero-order valence-electron chi connectivity index (χ0n) is 12.0. The third kappa shape index (κ3) is 2.31. The molecule has 3 rings (SSSR count). The number of nitrogens with zero attached hydrogens (tertiary/aromatic N) is 5. The Morgan fingerprint density at radius 3 is 2.65 bits per heavy atom. The maximum Gasteiger partial charge on any atom is 0.159 e. The molecule has 106 valence electrons. The molecule has 2 atom stereocenters. The van der Waals surface area contributed by atoms with Gasteiger partial charge < -0.3 is 5.11 Å². The van der Waals surface area contributed by atoms with Gasteiger partial charge in [0.25, 0.3) is 0 Å². The lowest BCUT2D eigenvalue weighted by Crippen LogP contribution is -2.08. The molecule has 1 saturated carbocycles. The summed E-state index contributed by atoms with van der Waals surface area (Å²) in [4.78, 5) is 13.5. The van der Waals surface area contributed by atoms with Gasteiger partial charge in [-0.1, -0.05) is 6.92 Å². The van der Waals surface area contributed by atoms with Gasteiger partial charge in [0.1, 0.15) is 17.5 Å². The largest absolute Gasteiger partial charge is 0.396 e. The molecule has 0 saturated heterocycles. The molecular weight excluding hydrogens is 254 g/mol. The van der Waals surface area contributed by atoms with Gasteiger partial charge in [-0.2, -0.15) is 4.68 Å². The van der Waals surface area contributed by atoms with Crippen LogP contribution in [0.15, 0.2) is 6.07 Å². The third-order valence-corrected chi connectivity index (χ3v) is 3.72. The van der Waals surface area contributed by atoms with E-state index in [9.17, 15) is 5.11 Å². The zero-order chi connectivity index (χ0) is 14.3. The van der Waals surface area contributed by atoms with Gasteiger partial charge in [-0.25, -0.2) is 15.0 Å². The van der Waals surface area contributed by atoms with Crippen LogP contribution < -0.4 is 0 Å². The standard InChI is InChI=1S/C14H19N5O/c1-4-13-16-12(11-5-10(11)7-20)6-14(17-13)19-9(3)15-8(2)18-19/h6,10-11,20H,4-5,7H2,1-3H3. The molecule has 1 N–H and O–H groups in total. The molecule has 1 aliphatic rings. The molecule has 6 heteroatoms. The fraction of sp³-hybridized carbons (Fsp3) is 0.571. The molecule has 0 aromatic carbocycles. The van der Waals surface area contributed by atoms with E-state index >= 15 is 0 Å². The lowest BCUT2D eigenvalue weighted by Gasteiger charge is -2.07. The molecule has 1 fully saturated rings. The van der Waals surface area contributed by atoms with E-state index in [0.29, 0.717) is 11.8 Å². The van der Waals surface area contributed by atoms with E-state index in [0.717, 1.165) is 41.8 Å². The Labute approximate surface area is 117 Å². The van der Waals surface area contributed by atoms with Crippen LogP contribution in [0.5, 0.6) is 0 Å². The average Bonchev–Trinajstić information content (AvgIpc) is 3.16. The van der Waals surface area contributed by atoms with Crippen LogP contribution >= 0.6 is 0 Å². The second-order valence-corrected chi connectivity index (χ2v) is 5.32. The Balaban J connectivity index is 2.02. The van der Waals surface area contributed by atoms with Crippen LogP contribution in [0.4, 0.5) is 0 Å². The summed E-state index contributed by atoms with van der Waals surface area (Å²) in [7, 11) is 0. The highest BCUT2D eigenvalue weighted by molar-refractivity contribution is 5.30. The van der Waals surface area contributed by atoms with E-state index in [4.69, 9.17) is 0 Å². The first-order chi connectivity index (χ1) is 9.62. The minimum Gasteiger partial charge on any atom is -0.396 e. The van der Waals surface area contributed by atoms with Crippen molar-refractivity contribution < 1.29 is 5.11 Å². The van der Waals surface area contributed by atoms with Crippen molar-refractivity contribution in [2.24, 2.45) is 5.92 Å². The van der Waals surface area contributed by atoms with Crippen molar-refractivity contribution in [3.05, 3.63) is 29.2 Å². The molecule has 1 aliphatic carbocycles. The molecule has 0 spiro atoms. The summed E-state index contributed by atoms with van der Waals surface area (Å²) in [5, 5.41) is 13.6. The van der Waals surface area contributed by atoms with Crippen molar-refractivity contribution in [3.63, 3.8) is 0 Å². The Hall–Kier alpha value is -1.82. The first kappa shape index (κ1) is 13.2. The topological polar surface area (TPSA) is 76.7 Å². The van der Waals surface area contributed by atoms with Crippen molar-refractivity contribution in [3.8, 4) is 5.82 Å². The summed E-state index contributed by atoms with van der Waals surface area (Å²) in [6.07, 6.45) is 1.79. The van der Waals surface area contributed by atoms with E-state index in [1.807, 2.05) is 26.8 Å². The lowest BCUT2D eigenvalue weighted by molar-refractivity contribution is 0.273. The summed E-state index contributed by atoms with van der Waals surface area (Å²) < 4.78 is 1.76. The molecule has 0 bridgehead atoms. The highest BCUT2D eigenvalue weighted by Gasteiger charge is 2.39. The van der Waals surface area contributed by atoms with E-state index in [1.54, 1.807) is 4.68 Å². The maximum atomic E-state index is 9.23. The molecule has 0 radical (unpaired) electrons. The Morgan fingerprint density at radius 2 is 2.10 bits per heavy atom. The fourth-order valence-electron chi connectivity index (χ4n) is 2.51. The Kier molecular flexibility index (Phi) is 3.25. The molecular formula is C14H19N5O. The predicted octanol–water partition coefficient (Wildman–Crippen LogP) is 1.33. The summed E-state index contributed by atoms with van der Waals surface area (Å²) >= 11 is 0. The van der Waals surface area contributed by atoms with Crippen molar-refractivity contribution in [2.45, 2.75) is 39.5 Å². The van der Waals surface area contributed by atoms with Gasteiger partial charge in [-0.05, 0) is 26.2 Å². The van der Waals surface area contributed by atoms with Gasteiger partial charge in [-0.15, -0.1) is 5.10 Å². The first-order valence-corrected chi connectivity index (χ1v) is 7.01. The average molecular weight is 273 g/mol. The molecule has 6 nitrogen and oxygen atoms in total. The zero-order valence-corrected chi connectivity index (χ0v) is 12.0. The molecule has 2 aromatic rings. The van der Waals surface area contributed by atoms with Crippen molar-refractivity contribution in [2.75, 3.05) is 6.61 Å². The van der Waals surface area contributed by atoms with Gasteiger partial charge in [-0.3, -0.25) is 0 Å². The number of hydrogen-bond donors (Lipinski definition) is 1. The molecule has 20 heavy (non-hydrogen) atoms. The highest BCUT2D eigenvalue weighted by Crippen LogP contribution is 2.46. The van der Waals surface area contributed by atoms with Crippen LogP contribution in [0.25, 0.3) is 5.82 Å². The quantitative estimate of drug-likeness (QED) is 0.909. The van der Waals surface area contributed by atoms with Crippen LogP contribution in [-0.2, 0) is 6.42 Å². The third-order valence-electron chi connectivity index (χ3n) is 3.72. The first-order valence-electron chi connectivity index (χ1n) is 7.01. The number of aliphatic hydroxyl groups is 1. The van der Waals surface area contributed by atoms with Gasteiger partial charge >= 0.3 is 0 Å². The number of rotatable bonds is 4. The molecule has 2 heterocycles. The van der Waals surface area contributed by atoms with E-state index in [-0.39, 0.29) is 6.61 Å². The maximum absolute atomic E-state index is 9.23. The van der Waals surface area contributed by atoms with Gasteiger partial charge in [0.2, 0.25) is 0 Å². The second-order valence-electron chi connectivity index (χ2n) is 5.32. The fourth-order valence-corrected chi connectivity index (χ4v) is 2.51. The smallest absolute Gasteiger partial charge is 0.159 e. The van der Waals surface area contributed by atoms with Gasteiger partial charge in [0, 0.05) is 30.7 Å². The second kappa shape index (κ2) is 4.94. The SMILES string of the molecule is CCc1nc(C2CC2CO)cc(-n2nc(C)nc2C)n1. The number of aryl methyl sites for hydroxylation is 3. The lowest BCUT2D eigenvalue weighted by atomic mass is 10.2. The Bertz CT molecular complexity index is 636. The monoisotopic (exact) mass is 273 g/mol. The number of hydrogen-bond acceptors (Lipinski definition) is 5. The minimum atomic E-state index is 0.229. The normalized spacial score (nSPS) is 21.2.